The largest absolute Gasteiger partial charge is 0.348 e. The van der Waals surface area contributed by atoms with Gasteiger partial charge in [-0.3, -0.25) is 14.7 Å². The zero-order valence-corrected chi connectivity index (χ0v) is 22.4. The molecule has 36 heavy (non-hydrogen) atoms. The Morgan fingerprint density at radius 2 is 1.78 bits per heavy atom. The van der Waals surface area contributed by atoms with Gasteiger partial charge in [-0.2, -0.15) is 0 Å². The number of nitrogens with one attached hydrogen (secondary N) is 1. The molecule has 1 aliphatic rings. The van der Waals surface area contributed by atoms with Crippen molar-refractivity contribution in [2.75, 3.05) is 12.3 Å². The van der Waals surface area contributed by atoms with Crippen molar-refractivity contribution in [1.29, 1.82) is 0 Å². The summed E-state index contributed by atoms with van der Waals surface area (Å²) in [5.41, 5.74) is 4.73. The van der Waals surface area contributed by atoms with Gasteiger partial charge in [0, 0.05) is 30.9 Å². The molecule has 0 saturated heterocycles. The van der Waals surface area contributed by atoms with Gasteiger partial charge in [0.15, 0.2) is 9.84 Å². The summed E-state index contributed by atoms with van der Waals surface area (Å²) in [4.78, 5) is 20.4. The monoisotopic (exact) mass is 525 g/mol. The molecule has 1 amide bonds. The molecule has 0 fully saturated rings. The number of amides is 1. The number of sulfone groups is 1. The maximum atomic E-state index is 12.9. The van der Waals surface area contributed by atoms with Gasteiger partial charge in [-0.25, -0.2) is 8.42 Å². The van der Waals surface area contributed by atoms with Crippen molar-refractivity contribution in [3.63, 3.8) is 0 Å². The molecule has 6 nitrogen and oxygen atoms in total. The minimum Gasteiger partial charge on any atom is -0.348 e. The second-order valence-electron chi connectivity index (χ2n) is 9.53. The van der Waals surface area contributed by atoms with Crippen LogP contribution in [-0.2, 0) is 29.3 Å². The van der Waals surface area contributed by atoms with Gasteiger partial charge in [0.05, 0.1) is 27.9 Å². The molecule has 2 heterocycles. The maximum absolute atomic E-state index is 12.9. The summed E-state index contributed by atoms with van der Waals surface area (Å²) in [6.45, 7) is 8.05. The second-order valence-corrected chi connectivity index (χ2v) is 12.2. The van der Waals surface area contributed by atoms with Crippen molar-refractivity contribution < 1.29 is 13.2 Å². The third-order valence-corrected chi connectivity index (χ3v) is 8.65. The van der Waals surface area contributed by atoms with Crippen LogP contribution in [0.5, 0.6) is 0 Å². The van der Waals surface area contributed by atoms with Gasteiger partial charge in [0.1, 0.15) is 0 Å². The molecule has 190 valence electrons. The maximum Gasteiger partial charge on any atom is 0.253 e. The van der Waals surface area contributed by atoms with Crippen LogP contribution in [-0.4, -0.2) is 36.5 Å². The van der Waals surface area contributed by atoms with Gasteiger partial charge in [0.2, 0.25) is 0 Å². The number of benzene rings is 2. The fourth-order valence-corrected chi connectivity index (χ4v) is 5.70. The van der Waals surface area contributed by atoms with E-state index < -0.39 is 9.84 Å². The molecule has 3 aromatic rings. The lowest BCUT2D eigenvalue weighted by atomic mass is 9.89. The first kappa shape index (κ1) is 26.3. The van der Waals surface area contributed by atoms with Gasteiger partial charge in [0.25, 0.3) is 5.91 Å². The van der Waals surface area contributed by atoms with Crippen LogP contribution in [0.3, 0.4) is 0 Å². The van der Waals surface area contributed by atoms with Gasteiger partial charge >= 0.3 is 0 Å². The van der Waals surface area contributed by atoms with Gasteiger partial charge in [-0.05, 0) is 59.4 Å². The Kier molecular flexibility index (Phi) is 8.13. The van der Waals surface area contributed by atoms with Crippen LogP contribution >= 0.6 is 11.6 Å². The minimum atomic E-state index is -3.24. The standard InChI is InChI=1S/C28H32ClN3O3S/c1-4-36(34,35)25-11-7-20(8-12-25)16-31-28(33)23-15-22-13-14-32(18-21-5-9-24(29)10-6-21)27(19(2)3)26(22)30-17-23/h5-12,15,17,19,27H,4,13-14,16,18H2,1-3H3,(H,31,33)/t27-/m0/s1. The number of rotatable bonds is 8. The Bertz CT molecular complexity index is 1320. The molecule has 1 N–H and O–H groups in total. The number of aromatic nitrogens is 1. The summed E-state index contributed by atoms with van der Waals surface area (Å²) in [6.07, 6.45) is 2.49. The molecule has 0 unspecified atom stereocenters. The molecule has 2 aromatic carbocycles. The highest BCUT2D eigenvalue weighted by molar-refractivity contribution is 7.91. The smallest absolute Gasteiger partial charge is 0.253 e. The van der Waals surface area contributed by atoms with E-state index in [1.165, 1.54) is 5.56 Å². The third kappa shape index (κ3) is 5.97. The normalized spacial score (nSPS) is 16.1. The molecular formula is C28H32ClN3O3S. The lowest BCUT2D eigenvalue weighted by Crippen LogP contribution is -2.38. The number of nitrogens with zero attached hydrogens (tertiary/aromatic N) is 2. The van der Waals surface area contributed by atoms with Gasteiger partial charge < -0.3 is 5.32 Å². The zero-order chi connectivity index (χ0) is 25.9. The molecular weight excluding hydrogens is 494 g/mol. The van der Waals surface area contributed by atoms with E-state index in [4.69, 9.17) is 16.6 Å². The number of pyridine rings is 1. The van der Waals surface area contributed by atoms with Crippen LogP contribution in [0.1, 0.15) is 59.6 Å². The van der Waals surface area contributed by atoms with E-state index in [9.17, 15) is 13.2 Å². The molecule has 1 atom stereocenters. The van der Waals surface area contributed by atoms with Gasteiger partial charge in [-0.15, -0.1) is 0 Å². The lowest BCUT2D eigenvalue weighted by molar-refractivity contribution is 0.0949. The van der Waals surface area contributed by atoms with Crippen LogP contribution in [0.25, 0.3) is 0 Å². The Hall–Kier alpha value is -2.74. The average molecular weight is 526 g/mol. The van der Waals surface area contributed by atoms with E-state index in [1.807, 2.05) is 18.2 Å². The number of hydrogen-bond donors (Lipinski definition) is 1. The first-order valence-corrected chi connectivity index (χ1v) is 14.3. The summed E-state index contributed by atoms with van der Waals surface area (Å²) in [5, 5.41) is 3.66. The molecule has 1 aromatic heterocycles. The van der Waals surface area contributed by atoms with E-state index in [-0.39, 0.29) is 17.7 Å². The summed E-state index contributed by atoms with van der Waals surface area (Å²) < 4.78 is 24.0. The van der Waals surface area contributed by atoms with E-state index in [0.717, 1.165) is 41.4 Å². The summed E-state index contributed by atoms with van der Waals surface area (Å²) in [6, 6.07) is 16.7. The highest BCUT2D eigenvalue weighted by atomic mass is 35.5. The van der Waals surface area contributed by atoms with Crippen LogP contribution in [0, 0.1) is 5.92 Å². The van der Waals surface area contributed by atoms with Crippen molar-refractivity contribution in [2.24, 2.45) is 5.92 Å². The first-order valence-electron chi connectivity index (χ1n) is 12.2. The number of carbonyl (C=O) groups excluding carboxylic acids is 1. The van der Waals surface area contributed by atoms with Gasteiger partial charge in [-0.1, -0.05) is 56.6 Å². The van der Waals surface area contributed by atoms with Crippen LogP contribution in [0.15, 0.2) is 65.7 Å². The second kappa shape index (κ2) is 11.1. The number of hydrogen-bond acceptors (Lipinski definition) is 5. The van der Waals surface area contributed by atoms with E-state index in [1.54, 1.807) is 37.4 Å². The molecule has 1 aliphatic heterocycles. The molecule has 4 rings (SSSR count). The van der Waals surface area contributed by atoms with E-state index in [2.05, 4.69) is 36.2 Å². The number of fused-ring (bicyclic) bond motifs is 1. The SMILES string of the molecule is CCS(=O)(=O)c1ccc(CNC(=O)c2cnc3c(c2)CCN(Cc2ccc(Cl)cc2)[C@H]3C(C)C)cc1. The van der Waals surface area contributed by atoms with Crippen molar-refractivity contribution >= 4 is 27.3 Å². The zero-order valence-electron chi connectivity index (χ0n) is 20.9. The van der Waals surface area contributed by atoms with E-state index in [0.29, 0.717) is 22.9 Å². The van der Waals surface area contributed by atoms with Crippen LogP contribution in [0.2, 0.25) is 5.02 Å². The van der Waals surface area contributed by atoms with Crippen molar-refractivity contribution in [1.82, 2.24) is 15.2 Å². The summed E-state index contributed by atoms with van der Waals surface area (Å²) >= 11 is 6.05. The van der Waals surface area contributed by atoms with Crippen LogP contribution < -0.4 is 5.32 Å². The molecule has 0 bridgehead atoms. The number of carbonyl (C=O) groups is 1. The van der Waals surface area contributed by atoms with E-state index >= 15 is 0 Å². The quantitative estimate of drug-likeness (QED) is 0.436. The first-order chi connectivity index (χ1) is 17.2. The van der Waals surface area contributed by atoms with Crippen LogP contribution in [0.4, 0.5) is 0 Å². The molecule has 8 heteroatoms. The van der Waals surface area contributed by atoms with Crippen molar-refractivity contribution in [3.8, 4) is 0 Å². The highest BCUT2D eigenvalue weighted by Gasteiger charge is 2.31. The third-order valence-electron chi connectivity index (χ3n) is 6.65. The molecule has 0 spiro atoms. The Labute approximate surface area is 218 Å². The lowest BCUT2D eigenvalue weighted by Gasteiger charge is -2.39. The molecule has 0 aliphatic carbocycles. The summed E-state index contributed by atoms with van der Waals surface area (Å²) in [5.74, 6) is 0.230. The molecule has 0 saturated carbocycles. The Balaban J connectivity index is 1.45. The predicted octanol–water partition coefficient (Wildman–Crippen LogP) is 5.21. The Morgan fingerprint density at radius 1 is 1.11 bits per heavy atom. The predicted molar refractivity (Wildman–Crippen MR) is 143 cm³/mol. The van der Waals surface area contributed by atoms with Crippen molar-refractivity contribution in [2.45, 2.75) is 51.2 Å². The highest BCUT2D eigenvalue weighted by Crippen LogP contribution is 2.35. The minimum absolute atomic E-state index is 0.0605. The van der Waals surface area contributed by atoms with Crippen molar-refractivity contribution in [3.05, 3.63) is 93.8 Å². The average Bonchev–Trinajstić information content (AvgIpc) is 2.88. The fourth-order valence-electron chi connectivity index (χ4n) is 4.69. The molecule has 0 radical (unpaired) electrons. The number of halogens is 1. The summed E-state index contributed by atoms with van der Waals surface area (Å²) in [7, 11) is -3.24. The fraction of sp³-hybridized carbons (Fsp3) is 0.357. The Morgan fingerprint density at radius 3 is 2.42 bits per heavy atom. The topological polar surface area (TPSA) is 79.4 Å².